The highest BCUT2D eigenvalue weighted by Crippen LogP contribution is 2.30. The first kappa shape index (κ1) is 20.7. The van der Waals surface area contributed by atoms with Crippen molar-refractivity contribution in [2.24, 2.45) is 5.92 Å². The Bertz CT molecular complexity index is 964. The number of aliphatic hydroxyl groups excluding tert-OH is 1. The molecule has 1 saturated heterocycles. The Morgan fingerprint density at radius 3 is 2.57 bits per heavy atom. The van der Waals surface area contributed by atoms with Crippen LogP contribution in [0.5, 0.6) is 0 Å². The molecule has 1 aromatic heterocycles. The molecule has 1 unspecified atom stereocenters. The third kappa shape index (κ3) is 5.14. The molecule has 6 heteroatoms. The van der Waals surface area contributed by atoms with Crippen LogP contribution >= 0.6 is 11.3 Å². The maximum atomic E-state index is 12.5. The second-order valence-electron chi connectivity index (χ2n) is 7.92. The number of hydrogen-bond donors (Lipinski definition) is 2. The van der Waals surface area contributed by atoms with Crippen molar-refractivity contribution in [3.63, 3.8) is 0 Å². The van der Waals surface area contributed by atoms with Crippen molar-refractivity contribution < 1.29 is 9.90 Å². The molecule has 1 aliphatic rings. The number of nitrogens with zero attached hydrogens (tertiary/aromatic N) is 2. The van der Waals surface area contributed by atoms with Gasteiger partial charge in [-0.25, -0.2) is 4.98 Å². The first-order valence-electron chi connectivity index (χ1n) is 10.4. The number of hydrogen-bond acceptors (Lipinski definition) is 5. The predicted octanol–water partition coefficient (Wildman–Crippen LogP) is 4.50. The molecule has 2 heterocycles. The number of aromatic nitrogens is 1. The number of nitrogens with one attached hydrogen (secondary N) is 1. The summed E-state index contributed by atoms with van der Waals surface area (Å²) >= 11 is 1.45. The summed E-state index contributed by atoms with van der Waals surface area (Å²) in [5, 5.41) is 16.1. The maximum Gasteiger partial charge on any atom is 0.240 e. The van der Waals surface area contributed by atoms with Gasteiger partial charge in [-0.2, -0.15) is 0 Å². The number of anilines is 1. The van der Waals surface area contributed by atoms with Gasteiger partial charge in [-0.15, -0.1) is 11.3 Å². The van der Waals surface area contributed by atoms with Crippen molar-refractivity contribution >= 4 is 22.4 Å². The fourth-order valence-electron chi connectivity index (χ4n) is 3.90. The van der Waals surface area contributed by atoms with E-state index in [4.69, 9.17) is 0 Å². The zero-order chi connectivity index (χ0) is 20.9. The van der Waals surface area contributed by atoms with E-state index in [1.807, 2.05) is 47.8 Å². The molecule has 1 aliphatic heterocycles. The number of rotatable bonds is 6. The van der Waals surface area contributed by atoms with Crippen LogP contribution in [-0.4, -0.2) is 40.5 Å². The lowest BCUT2D eigenvalue weighted by molar-refractivity contribution is -0.117. The molecule has 0 bridgehead atoms. The predicted molar refractivity (Wildman–Crippen MR) is 121 cm³/mol. The molecular formula is C24H27N3O2S. The summed E-state index contributed by atoms with van der Waals surface area (Å²) < 4.78 is 0. The number of aliphatic hydroxyl groups is 1. The number of carbonyl (C=O) groups excluding carboxylic acids is 1. The van der Waals surface area contributed by atoms with Gasteiger partial charge in [0.05, 0.1) is 18.3 Å². The van der Waals surface area contributed by atoms with E-state index in [1.165, 1.54) is 16.9 Å². The molecule has 0 aliphatic carbocycles. The molecule has 0 saturated carbocycles. The summed E-state index contributed by atoms with van der Waals surface area (Å²) in [6.45, 7) is 4.04. The van der Waals surface area contributed by atoms with Gasteiger partial charge in [0.2, 0.25) is 5.91 Å². The summed E-state index contributed by atoms with van der Waals surface area (Å²) in [7, 11) is 0. The highest BCUT2D eigenvalue weighted by molar-refractivity contribution is 7.14. The van der Waals surface area contributed by atoms with Crippen LogP contribution in [0.15, 0.2) is 60.0 Å². The quantitative estimate of drug-likeness (QED) is 0.615. The second kappa shape index (κ2) is 9.51. The standard InChI is InChI=1S/C24H27N3O2S/c1-17-7-9-18(10-8-17)21-16-30-24(25-21)26-22(28)15-27-13-11-20(12-14-27)23(29)19-5-3-2-4-6-19/h2-10,16,20,23,29H,11-15H2,1H3,(H,25,26,28). The third-order valence-electron chi connectivity index (χ3n) is 5.68. The van der Waals surface area contributed by atoms with Gasteiger partial charge < -0.3 is 10.4 Å². The molecule has 0 radical (unpaired) electrons. The summed E-state index contributed by atoms with van der Waals surface area (Å²) in [5.41, 5.74) is 4.12. The van der Waals surface area contributed by atoms with E-state index in [1.54, 1.807) is 0 Å². The van der Waals surface area contributed by atoms with Crippen molar-refractivity contribution in [3.05, 3.63) is 71.1 Å². The number of thiazole rings is 1. The fourth-order valence-corrected chi connectivity index (χ4v) is 4.63. The number of likely N-dealkylation sites (tertiary alicyclic amines) is 1. The third-order valence-corrected chi connectivity index (χ3v) is 6.44. The van der Waals surface area contributed by atoms with E-state index in [2.05, 4.69) is 34.3 Å². The minimum absolute atomic E-state index is 0.0399. The van der Waals surface area contributed by atoms with Gasteiger partial charge in [-0.05, 0) is 44.3 Å². The number of piperidine rings is 1. The lowest BCUT2D eigenvalue weighted by atomic mass is 9.87. The van der Waals surface area contributed by atoms with Crippen molar-refractivity contribution in [1.82, 2.24) is 9.88 Å². The summed E-state index contributed by atoms with van der Waals surface area (Å²) in [4.78, 5) is 19.2. The van der Waals surface area contributed by atoms with Crippen LogP contribution in [0, 0.1) is 12.8 Å². The van der Waals surface area contributed by atoms with Crippen LogP contribution in [0.25, 0.3) is 11.3 Å². The smallest absolute Gasteiger partial charge is 0.240 e. The lowest BCUT2D eigenvalue weighted by Crippen LogP contribution is -2.40. The van der Waals surface area contributed by atoms with E-state index >= 15 is 0 Å². The van der Waals surface area contributed by atoms with Crippen molar-refractivity contribution in [2.75, 3.05) is 25.0 Å². The van der Waals surface area contributed by atoms with Gasteiger partial charge in [0.25, 0.3) is 0 Å². The first-order valence-corrected chi connectivity index (χ1v) is 11.2. The van der Waals surface area contributed by atoms with E-state index in [-0.39, 0.29) is 11.8 Å². The molecule has 4 rings (SSSR count). The number of benzene rings is 2. The molecule has 1 atom stereocenters. The average Bonchev–Trinajstić information content (AvgIpc) is 3.23. The average molecular weight is 422 g/mol. The minimum Gasteiger partial charge on any atom is -0.388 e. The van der Waals surface area contributed by atoms with Crippen LogP contribution < -0.4 is 5.32 Å². The van der Waals surface area contributed by atoms with E-state index < -0.39 is 6.10 Å². The zero-order valence-corrected chi connectivity index (χ0v) is 17.9. The largest absolute Gasteiger partial charge is 0.388 e. The van der Waals surface area contributed by atoms with Crippen molar-refractivity contribution in [2.45, 2.75) is 25.9 Å². The van der Waals surface area contributed by atoms with Crippen LogP contribution in [0.1, 0.15) is 30.1 Å². The molecule has 0 spiro atoms. The topological polar surface area (TPSA) is 65.5 Å². The Morgan fingerprint density at radius 1 is 1.17 bits per heavy atom. The SMILES string of the molecule is Cc1ccc(-c2csc(NC(=O)CN3CCC(C(O)c4ccccc4)CC3)n2)cc1. The van der Waals surface area contributed by atoms with E-state index in [0.29, 0.717) is 11.7 Å². The molecule has 1 fully saturated rings. The molecular weight excluding hydrogens is 394 g/mol. The summed E-state index contributed by atoms with van der Waals surface area (Å²) in [6, 6.07) is 18.0. The number of carbonyl (C=O) groups is 1. The van der Waals surface area contributed by atoms with Gasteiger partial charge in [0, 0.05) is 10.9 Å². The number of aryl methyl sites for hydroxylation is 1. The highest BCUT2D eigenvalue weighted by Gasteiger charge is 2.27. The first-order chi connectivity index (χ1) is 14.6. The lowest BCUT2D eigenvalue weighted by Gasteiger charge is -2.33. The molecule has 5 nitrogen and oxygen atoms in total. The zero-order valence-electron chi connectivity index (χ0n) is 17.1. The Hall–Kier alpha value is -2.54. The van der Waals surface area contributed by atoms with Gasteiger partial charge in [-0.3, -0.25) is 9.69 Å². The van der Waals surface area contributed by atoms with Gasteiger partial charge in [0.1, 0.15) is 0 Å². The molecule has 2 aromatic carbocycles. The second-order valence-corrected chi connectivity index (χ2v) is 8.78. The Labute approximate surface area is 181 Å². The van der Waals surface area contributed by atoms with Gasteiger partial charge >= 0.3 is 0 Å². The van der Waals surface area contributed by atoms with Crippen LogP contribution in [0.3, 0.4) is 0 Å². The molecule has 156 valence electrons. The van der Waals surface area contributed by atoms with Gasteiger partial charge in [0.15, 0.2) is 5.13 Å². The maximum absolute atomic E-state index is 12.5. The minimum atomic E-state index is -0.433. The van der Waals surface area contributed by atoms with E-state index in [0.717, 1.165) is 42.8 Å². The molecule has 2 N–H and O–H groups in total. The van der Waals surface area contributed by atoms with Gasteiger partial charge in [-0.1, -0.05) is 60.2 Å². The van der Waals surface area contributed by atoms with Crippen LogP contribution in [0.4, 0.5) is 5.13 Å². The Balaban J connectivity index is 1.26. The fraction of sp³-hybridized carbons (Fsp3) is 0.333. The molecule has 3 aromatic rings. The van der Waals surface area contributed by atoms with Crippen molar-refractivity contribution in [1.29, 1.82) is 0 Å². The van der Waals surface area contributed by atoms with Crippen LogP contribution in [0.2, 0.25) is 0 Å². The highest BCUT2D eigenvalue weighted by atomic mass is 32.1. The van der Waals surface area contributed by atoms with Crippen LogP contribution in [-0.2, 0) is 4.79 Å². The Kier molecular flexibility index (Phi) is 6.57. The summed E-state index contributed by atoms with van der Waals surface area (Å²) in [5.74, 6) is 0.199. The molecule has 1 amide bonds. The summed E-state index contributed by atoms with van der Waals surface area (Å²) in [6.07, 6.45) is 1.34. The van der Waals surface area contributed by atoms with Crippen molar-refractivity contribution in [3.8, 4) is 11.3 Å². The number of amides is 1. The monoisotopic (exact) mass is 421 g/mol. The Morgan fingerprint density at radius 2 is 1.87 bits per heavy atom. The molecule has 30 heavy (non-hydrogen) atoms. The van der Waals surface area contributed by atoms with E-state index in [9.17, 15) is 9.90 Å². The normalized spacial score (nSPS) is 16.3.